The van der Waals surface area contributed by atoms with Crippen LogP contribution in [0.15, 0.2) is 24.3 Å². The molecule has 0 saturated heterocycles. The second-order valence-electron chi connectivity index (χ2n) is 1.56. The molecule has 1 unspecified atom stereocenters. The molecule has 1 rings (SSSR count). The Hall–Kier alpha value is -0.0565. The molecule has 0 amide bonds. The zero-order chi connectivity index (χ0) is 5.98. The normalized spacial score (nSPS) is 8.11. The van der Waals surface area contributed by atoms with Crippen LogP contribution in [0.2, 0.25) is 0 Å². The van der Waals surface area contributed by atoms with Crippen LogP contribution < -0.4 is 5.30 Å². The van der Waals surface area contributed by atoms with Crippen molar-refractivity contribution in [1.82, 2.24) is 0 Å². The molecule has 0 radical (unpaired) electrons. The van der Waals surface area contributed by atoms with Crippen LogP contribution in [0.3, 0.4) is 0 Å². The first-order chi connectivity index (χ1) is 3.80. The Morgan fingerprint density at radius 3 is 2.11 bits per heavy atom. The number of aromatic hydroxyl groups is 1. The van der Waals surface area contributed by atoms with Gasteiger partial charge in [0.1, 0.15) is 5.75 Å². The molecule has 0 aliphatic carbocycles. The van der Waals surface area contributed by atoms with Gasteiger partial charge in [-0.1, -0.05) is 18.2 Å². The monoisotopic (exact) mass is 184 g/mol. The number of hydrogen-bond acceptors (Lipinski definition) is 1. The van der Waals surface area contributed by atoms with Crippen molar-refractivity contribution < 1.29 is 21.6 Å². The molecule has 0 saturated carbocycles. The molecule has 1 aromatic carbocycles. The van der Waals surface area contributed by atoms with E-state index >= 15 is 0 Å². The third kappa shape index (κ3) is 2.34. The molecule has 0 fully saturated rings. The fourth-order valence-electron chi connectivity index (χ4n) is 0.488. The number of para-hydroxylation sites is 1. The predicted octanol–water partition coefficient (Wildman–Crippen LogP) is 0.890. The second-order valence-corrected chi connectivity index (χ2v) is 2.18. The molecular formula is C6H7NiOP. The molecule has 0 aliphatic heterocycles. The topological polar surface area (TPSA) is 20.2 Å². The van der Waals surface area contributed by atoms with Crippen molar-refractivity contribution in [1.29, 1.82) is 0 Å². The van der Waals surface area contributed by atoms with Gasteiger partial charge in [-0.05, 0) is 6.07 Å². The van der Waals surface area contributed by atoms with E-state index in [1.807, 2.05) is 12.1 Å². The summed E-state index contributed by atoms with van der Waals surface area (Å²) in [6.07, 6.45) is 0. The quantitative estimate of drug-likeness (QED) is 0.469. The maximum absolute atomic E-state index is 8.90. The Kier molecular flexibility index (Phi) is 3.85. The molecular weight excluding hydrogens is 178 g/mol. The molecule has 0 heterocycles. The van der Waals surface area contributed by atoms with E-state index in [1.165, 1.54) is 0 Å². The van der Waals surface area contributed by atoms with Crippen molar-refractivity contribution in [2.45, 2.75) is 0 Å². The van der Waals surface area contributed by atoms with Gasteiger partial charge in [-0.25, -0.2) is 0 Å². The molecule has 1 atom stereocenters. The molecule has 1 nitrogen and oxygen atoms in total. The van der Waals surface area contributed by atoms with Crippen LogP contribution in [0.1, 0.15) is 0 Å². The Morgan fingerprint density at radius 2 is 1.78 bits per heavy atom. The van der Waals surface area contributed by atoms with Crippen molar-refractivity contribution in [2.75, 3.05) is 0 Å². The Morgan fingerprint density at radius 1 is 1.22 bits per heavy atom. The molecule has 0 bridgehead atoms. The van der Waals surface area contributed by atoms with Gasteiger partial charge in [0.15, 0.2) is 0 Å². The average Bonchev–Trinajstić information content (AvgIpc) is 1.77. The zero-order valence-corrected chi connectivity index (χ0v) is 6.79. The van der Waals surface area contributed by atoms with Crippen LogP contribution in [0.5, 0.6) is 5.75 Å². The first-order valence-corrected chi connectivity index (χ1v) is 2.92. The van der Waals surface area contributed by atoms with Crippen molar-refractivity contribution in [3.8, 4) is 5.75 Å². The zero-order valence-electron chi connectivity index (χ0n) is 4.65. The third-order valence-corrected chi connectivity index (χ3v) is 1.42. The molecule has 3 heteroatoms. The number of benzene rings is 1. The predicted molar refractivity (Wildman–Crippen MR) is 37.5 cm³/mol. The smallest absolute Gasteiger partial charge is 0.122 e. The van der Waals surface area contributed by atoms with E-state index in [2.05, 4.69) is 9.24 Å². The fraction of sp³-hybridized carbons (Fsp3) is 0. The number of hydrogen-bond donors (Lipinski definition) is 1. The molecule has 52 valence electrons. The maximum Gasteiger partial charge on any atom is 0.122 e. The minimum absolute atomic E-state index is 0. The van der Waals surface area contributed by atoms with Gasteiger partial charge >= 0.3 is 0 Å². The number of rotatable bonds is 0. The van der Waals surface area contributed by atoms with Gasteiger partial charge in [-0.15, -0.1) is 9.24 Å². The SMILES string of the molecule is Oc1ccccc1P.[Ni]. The van der Waals surface area contributed by atoms with Gasteiger partial charge in [0.2, 0.25) is 0 Å². The largest absolute Gasteiger partial charge is 0.507 e. The van der Waals surface area contributed by atoms with Gasteiger partial charge in [0, 0.05) is 21.8 Å². The van der Waals surface area contributed by atoms with Crippen LogP contribution in [0, 0.1) is 0 Å². The van der Waals surface area contributed by atoms with Crippen molar-refractivity contribution >= 4 is 14.5 Å². The van der Waals surface area contributed by atoms with Gasteiger partial charge in [-0.2, -0.15) is 0 Å². The summed E-state index contributed by atoms with van der Waals surface area (Å²) in [6, 6.07) is 7.16. The minimum Gasteiger partial charge on any atom is -0.507 e. The fourth-order valence-corrected chi connectivity index (χ4v) is 0.695. The first kappa shape index (κ1) is 8.94. The summed E-state index contributed by atoms with van der Waals surface area (Å²) < 4.78 is 0. The summed E-state index contributed by atoms with van der Waals surface area (Å²) in [6.45, 7) is 0. The van der Waals surface area contributed by atoms with Crippen molar-refractivity contribution in [2.24, 2.45) is 0 Å². The third-order valence-electron chi connectivity index (χ3n) is 0.937. The van der Waals surface area contributed by atoms with Gasteiger partial charge in [-0.3, -0.25) is 0 Å². The van der Waals surface area contributed by atoms with E-state index in [0.717, 1.165) is 5.30 Å². The molecule has 0 spiro atoms. The maximum atomic E-state index is 8.90. The van der Waals surface area contributed by atoms with Crippen LogP contribution in [0.25, 0.3) is 0 Å². The Balaban J connectivity index is 0.000000640. The summed E-state index contributed by atoms with van der Waals surface area (Å²) in [4.78, 5) is 0. The van der Waals surface area contributed by atoms with E-state index < -0.39 is 0 Å². The van der Waals surface area contributed by atoms with E-state index in [0.29, 0.717) is 5.75 Å². The molecule has 9 heavy (non-hydrogen) atoms. The average molecular weight is 185 g/mol. The summed E-state index contributed by atoms with van der Waals surface area (Å²) >= 11 is 0. The van der Waals surface area contributed by atoms with Crippen LogP contribution in [-0.2, 0) is 16.5 Å². The van der Waals surface area contributed by atoms with Gasteiger partial charge in [0.05, 0.1) is 0 Å². The Bertz CT molecular complexity index is 169. The van der Waals surface area contributed by atoms with E-state index in [4.69, 9.17) is 5.11 Å². The Labute approximate surface area is 66.6 Å². The van der Waals surface area contributed by atoms with Gasteiger partial charge < -0.3 is 5.11 Å². The van der Waals surface area contributed by atoms with Crippen LogP contribution in [0.4, 0.5) is 0 Å². The van der Waals surface area contributed by atoms with Crippen molar-refractivity contribution in [3.05, 3.63) is 24.3 Å². The molecule has 1 N–H and O–H groups in total. The second kappa shape index (κ2) is 3.87. The summed E-state index contributed by atoms with van der Waals surface area (Å²) in [7, 11) is 2.44. The molecule has 0 aromatic heterocycles. The molecule has 0 aliphatic rings. The first-order valence-electron chi connectivity index (χ1n) is 2.34. The summed E-state index contributed by atoms with van der Waals surface area (Å²) in [5.41, 5.74) is 0. The number of phenols is 1. The van der Waals surface area contributed by atoms with Gasteiger partial charge in [0.25, 0.3) is 0 Å². The van der Waals surface area contributed by atoms with E-state index in [9.17, 15) is 0 Å². The molecule has 1 aromatic rings. The van der Waals surface area contributed by atoms with E-state index in [-0.39, 0.29) is 16.5 Å². The number of phenolic OH excluding ortho intramolecular Hbond substituents is 1. The summed E-state index contributed by atoms with van der Waals surface area (Å²) in [5.74, 6) is 0.331. The van der Waals surface area contributed by atoms with E-state index in [1.54, 1.807) is 12.1 Å². The standard InChI is InChI=1S/C6H7OP.Ni/c7-5-3-1-2-4-6(5)8;/h1-4,7H,8H2;. The minimum atomic E-state index is 0. The summed E-state index contributed by atoms with van der Waals surface area (Å²) in [5, 5.41) is 9.74. The van der Waals surface area contributed by atoms with Crippen LogP contribution >= 0.6 is 9.24 Å². The van der Waals surface area contributed by atoms with Crippen LogP contribution in [-0.4, -0.2) is 5.11 Å². The van der Waals surface area contributed by atoms with Crippen molar-refractivity contribution in [3.63, 3.8) is 0 Å².